The van der Waals surface area contributed by atoms with Crippen LogP contribution in [-0.4, -0.2) is 22.9 Å². The molecule has 1 N–H and O–H groups in total. The van der Waals surface area contributed by atoms with E-state index >= 15 is 0 Å². The molecule has 0 unspecified atom stereocenters. The molecule has 2 aromatic rings. The number of hydrogen-bond donors (Lipinski definition) is 1. The maximum absolute atomic E-state index is 12.1. The van der Waals surface area contributed by atoms with Crippen molar-refractivity contribution < 1.29 is 13.3 Å². The lowest BCUT2D eigenvalue weighted by Gasteiger charge is -2.06. The summed E-state index contributed by atoms with van der Waals surface area (Å²) < 4.78 is 27.7. The monoisotopic (exact) mass is 316 g/mol. The molecule has 1 aromatic heterocycles. The molecule has 0 atom stereocenters. The van der Waals surface area contributed by atoms with Crippen molar-refractivity contribution in [3.05, 3.63) is 45.9 Å². The number of hydrogen-bond acceptors (Lipinski definition) is 5. The highest BCUT2D eigenvalue weighted by molar-refractivity contribution is 7.92. The van der Waals surface area contributed by atoms with Gasteiger partial charge in [-0.15, -0.1) is 0 Å². The zero-order valence-electron chi connectivity index (χ0n) is 10.1. The number of imidazole rings is 1. The third kappa shape index (κ3) is 2.58. The lowest BCUT2D eigenvalue weighted by atomic mass is 10.3. The zero-order chi connectivity index (χ0) is 14.9. The first-order chi connectivity index (χ1) is 9.33. The van der Waals surface area contributed by atoms with Gasteiger partial charge in [-0.25, -0.2) is 4.98 Å². The lowest BCUT2D eigenvalue weighted by Crippen LogP contribution is -2.15. The van der Waals surface area contributed by atoms with Gasteiger partial charge in [-0.1, -0.05) is 23.7 Å². The second kappa shape index (κ2) is 5.10. The Bertz CT molecular complexity index is 771. The van der Waals surface area contributed by atoms with Gasteiger partial charge in [0.25, 0.3) is 15.7 Å². The van der Waals surface area contributed by atoms with E-state index in [0.717, 1.165) is 0 Å². The van der Waals surface area contributed by atoms with Crippen molar-refractivity contribution in [2.24, 2.45) is 7.05 Å². The van der Waals surface area contributed by atoms with Gasteiger partial charge >= 0.3 is 0 Å². The highest BCUT2D eigenvalue weighted by Gasteiger charge is 2.25. The first-order valence-corrected chi connectivity index (χ1v) is 7.12. The van der Waals surface area contributed by atoms with Crippen LogP contribution in [0.15, 0.2) is 35.6 Å². The summed E-state index contributed by atoms with van der Waals surface area (Å²) in [6.45, 7) is 0. The molecule has 0 saturated heterocycles. The number of rotatable bonds is 4. The van der Waals surface area contributed by atoms with E-state index < -0.39 is 14.9 Å². The first-order valence-electron chi connectivity index (χ1n) is 5.26. The average molecular weight is 317 g/mol. The number of para-hydroxylation sites is 2. The van der Waals surface area contributed by atoms with Crippen LogP contribution in [0.25, 0.3) is 0 Å². The molecule has 0 aliphatic heterocycles. The molecule has 106 valence electrons. The molecular weight excluding hydrogens is 308 g/mol. The summed E-state index contributed by atoms with van der Waals surface area (Å²) in [6.07, 6.45) is 1.23. The minimum absolute atomic E-state index is 0.0870. The Kier molecular flexibility index (Phi) is 3.64. The van der Waals surface area contributed by atoms with E-state index in [2.05, 4.69) is 9.71 Å². The van der Waals surface area contributed by atoms with Crippen LogP contribution in [0.1, 0.15) is 0 Å². The Morgan fingerprint density at radius 1 is 1.40 bits per heavy atom. The molecule has 1 heterocycles. The van der Waals surface area contributed by atoms with Gasteiger partial charge in [0.15, 0.2) is 0 Å². The SMILES string of the molecule is Cn1cnc(S(=O)(=O)Nc2ccccc2[N+](=O)[O-])c1Cl. The van der Waals surface area contributed by atoms with Gasteiger partial charge in [0, 0.05) is 13.1 Å². The summed E-state index contributed by atoms with van der Waals surface area (Å²) in [6, 6.07) is 5.39. The van der Waals surface area contributed by atoms with Gasteiger partial charge in [-0.3, -0.25) is 14.8 Å². The van der Waals surface area contributed by atoms with E-state index in [1.165, 1.54) is 42.2 Å². The standard InChI is InChI=1S/C10H9ClN4O4S/c1-14-6-12-10(9(14)11)20(18,19)13-7-4-2-3-5-8(7)15(16)17/h2-6,13H,1H3. The fraction of sp³-hybridized carbons (Fsp3) is 0.100. The number of aryl methyl sites for hydroxylation is 1. The Labute approximate surface area is 119 Å². The number of aromatic nitrogens is 2. The summed E-state index contributed by atoms with van der Waals surface area (Å²) >= 11 is 5.81. The number of nitrogens with one attached hydrogen (secondary N) is 1. The average Bonchev–Trinajstić information content (AvgIpc) is 2.70. The Morgan fingerprint density at radius 3 is 2.60 bits per heavy atom. The quantitative estimate of drug-likeness (QED) is 0.683. The molecule has 20 heavy (non-hydrogen) atoms. The van der Waals surface area contributed by atoms with Gasteiger partial charge in [0.05, 0.1) is 11.3 Å². The van der Waals surface area contributed by atoms with Crippen molar-refractivity contribution in [1.82, 2.24) is 9.55 Å². The van der Waals surface area contributed by atoms with Crippen LogP contribution in [0.5, 0.6) is 0 Å². The van der Waals surface area contributed by atoms with Gasteiger partial charge in [-0.05, 0) is 6.07 Å². The van der Waals surface area contributed by atoms with Gasteiger partial charge in [0.2, 0.25) is 5.03 Å². The summed E-state index contributed by atoms with van der Waals surface area (Å²) in [4.78, 5) is 13.8. The van der Waals surface area contributed by atoms with E-state index in [1.54, 1.807) is 0 Å². The Hall–Kier alpha value is -2.13. The van der Waals surface area contributed by atoms with Crippen LogP contribution in [0.4, 0.5) is 11.4 Å². The van der Waals surface area contributed by atoms with E-state index in [0.29, 0.717) is 0 Å². The molecule has 0 aliphatic carbocycles. The van der Waals surface area contributed by atoms with Crippen molar-refractivity contribution in [3.63, 3.8) is 0 Å². The molecular formula is C10H9ClN4O4S. The van der Waals surface area contributed by atoms with E-state index in [4.69, 9.17) is 11.6 Å². The number of anilines is 1. The smallest absolute Gasteiger partial charge is 0.293 e. The number of nitrogens with zero attached hydrogens (tertiary/aromatic N) is 3. The van der Waals surface area contributed by atoms with Crippen molar-refractivity contribution in [2.45, 2.75) is 5.03 Å². The van der Waals surface area contributed by atoms with Crippen LogP contribution in [0.2, 0.25) is 5.15 Å². The largest absolute Gasteiger partial charge is 0.324 e. The molecule has 1 aromatic carbocycles. The maximum atomic E-state index is 12.1. The second-order valence-electron chi connectivity index (χ2n) is 3.83. The maximum Gasteiger partial charge on any atom is 0.293 e. The summed E-state index contributed by atoms with van der Waals surface area (Å²) in [5, 5.41) is 10.4. The molecule has 0 spiro atoms. The minimum Gasteiger partial charge on any atom is -0.324 e. The van der Waals surface area contributed by atoms with E-state index in [9.17, 15) is 18.5 Å². The fourth-order valence-corrected chi connectivity index (χ4v) is 2.99. The van der Waals surface area contributed by atoms with E-state index in [-0.39, 0.29) is 21.6 Å². The normalized spacial score (nSPS) is 11.3. The van der Waals surface area contributed by atoms with Crippen LogP contribution in [-0.2, 0) is 17.1 Å². The first kappa shape index (κ1) is 14.3. The summed E-state index contributed by atoms with van der Waals surface area (Å²) in [5.74, 6) is 0. The van der Waals surface area contributed by atoms with Gasteiger partial charge in [-0.2, -0.15) is 8.42 Å². The molecule has 10 heteroatoms. The Balaban J connectivity index is 2.44. The summed E-state index contributed by atoms with van der Waals surface area (Å²) in [7, 11) is -2.57. The fourth-order valence-electron chi connectivity index (χ4n) is 1.49. The third-order valence-electron chi connectivity index (χ3n) is 2.43. The van der Waals surface area contributed by atoms with Crippen molar-refractivity contribution >= 4 is 33.0 Å². The molecule has 0 saturated carbocycles. The molecule has 8 nitrogen and oxygen atoms in total. The lowest BCUT2D eigenvalue weighted by molar-refractivity contribution is -0.383. The van der Waals surface area contributed by atoms with Crippen molar-refractivity contribution in [2.75, 3.05) is 4.72 Å². The topological polar surface area (TPSA) is 107 Å². The molecule has 0 fully saturated rings. The molecule has 0 aliphatic rings. The number of sulfonamides is 1. The third-order valence-corrected chi connectivity index (χ3v) is 4.29. The van der Waals surface area contributed by atoms with Gasteiger partial charge in [0.1, 0.15) is 10.8 Å². The van der Waals surface area contributed by atoms with Crippen LogP contribution in [0, 0.1) is 10.1 Å². The second-order valence-corrected chi connectivity index (χ2v) is 5.79. The zero-order valence-corrected chi connectivity index (χ0v) is 11.7. The van der Waals surface area contributed by atoms with Crippen molar-refractivity contribution in [3.8, 4) is 0 Å². The molecule has 0 radical (unpaired) electrons. The predicted octanol–water partition coefficient (Wildman–Crippen LogP) is 1.78. The highest BCUT2D eigenvalue weighted by atomic mass is 35.5. The van der Waals surface area contributed by atoms with Crippen LogP contribution in [0.3, 0.4) is 0 Å². The van der Waals surface area contributed by atoms with Crippen LogP contribution < -0.4 is 4.72 Å². The molecule has 0 amide bonds. The highest BCUT2D eigenvalue weighted by Crippen LogP contribution is 2.27. The number of halogens is 1. The van der Waals surface area contributed by atoms with E-state index in [1.807, 2.05) is 0 Å². The molecule has 0 bridgehead atoms. The van der Waals surface area contributed by atoms with Gasteiger partial charge < -0.3 is 4.57 Å². The molecule has 2 rings (SSSR count). The number of nitro benzene ring substituents is 1. The number of nitro groups is 1. The minimum atomic E-state index is -4.10. The summed E-state index contributed by atoms with van der Waals surface area (Å²) in [5.41, 5.74) is -0.512. The van der Waals surface area contributed by atoms with Crippen molar-refractivity contribution in [1.29, 1.82) is 0 Å². The predicted molar refractivity (Wildman–Crippen MR) is 72.1 cm³/mol. The number of benzene rings is 1. The Morgan fingerprint density at radius 2 is 2.05 bits per heavy atom. The van der Waals surface area contributed by atoms with Crippen LogP contribution >= 0.6 is 11.6 Å².